The number of hydrogen-bond donors (Lipinski definition) is 3. The van der Waals surface area contributed by atoms with Crippen molar-refractivity contribution in [3.63, 3.8) is 0 Å². The molecule has 1 saturated carbocycles. The fraction of sp³-hybridized carbons (Fsp3) is 0.562. The van der Waals surface area contributed by atoms with E-state index >= 15 is 0 Å². The summed E-state index contributed by atoms with van der Waals surface area (Å²) in [5.41, 5.74) is 0.625. The maximum absolute atomic E-state index is 13.2. The minimum atomic E-state index is -0.580. The Morgan fingerprint density at radius 3 is 2.34 bits per heavy atom. The zero-order valence-corrected chi connectivity index (χ0v) is 26.8. The third-order valence-corrected chi connectivity index (χ3v) is 8.63. The van der Waals surface area contributed by atoms with Gasteiger partial charge in [-0.05, 0) is 51.2 Å². The van der Waals surface area contributed by atoms with Crippen LogP contribution in [0.2, 0.25) is 0 Å². The largest absolute Gasteiger partial charge is 0.467 e. The molecule has 3 heterocycles. The maximum Gasteiger partial charge on any atom is 0.317 e. The number of amides is 6. The van der Waals surface area contributed by atoms with Gasteiger partial charge in [-0.1, -0.05) is 18.2 Å². The van der Waals surface area contributed by atoms with Crippen LogP contribution in [0, 0.1) is 0 Å². The van der Waals surface area contributed by atoms with Gasteiger partial charge in [-0.3, -0.25) is 19.2 Å². The number of carbonyl (C=O) groups is 5. The van der Waals surface area contributed by atoms with Gasteiger partial charge in [-0.15, -0.1) is 0 Å². The standard InChI is InChI=1S/C32H44N8O7/c1-2-46-19-13-33-32(45)38-17-15-37(16-18-38)27(41)21-34-30(43)25-20-29(40(36-25)24-10-4-3-5-11-24)47-22-28(42)39-14-7-12-26(39)31(44)35-23-8-6-9-23/h3-5,10-11,20,23,26H,2,6-9,12-19,21-22H2,1H3,(H,33,45)(H,34,43)(H,35,44)/t26-/m0/s1. The molecule has 1 aromatic carbocycles. The molecule has 1 atom stereocenters. The molecule has 47 heavy (non-hydrogen) atoms. The third kappa shape index (κ3) is 8.78. The maximum atomic E-state index is 13.2. The topological polar surface area (TPSA) is 167 Å². The van der Waals surface area contributed by atoms with Gasteiger partial charge in [0.05, 0.1) is 18.8 Å². The Bertz CT molecular complexity index is 1410. The van der Waals surface area contributed by atoms with Crippen LogP contribution in [-0.2, 0) is 19.1 Å². The lowest BCUT2D eigenvalue weighted by molar-refractivity contribution is -0.140. The molecular weight excluding hydrogens is 608 g/mol. The average molecular weight is 653 g/mol. The van der Waals surface area contributed by atoms with Gasteiger partial charge in [0.25, 0.3) is 11.8 Å². The number of likely N-dealkylation sites (tertiary alicyclic amines) is 1. The van der Waals surface area contributed by atoms with Crippen molar-refractivity contribution in [2.75, 3.05) is 65.6 Å². The summed E-state index contributed by atoms with van der Waals surface area (Å²) in [6, 6.07) is 9.93. The molecule has 1 aromatic heterocycles. The Labute approximate surface area is 273 Å². The molecule has 0 bridgehead atoms. The quantitative estimate of drug-likeness (QED) is 0.264. The first kappa shape index (κ1) is 33.7. The van der Waals surface area contributed by atoms with Crippen molar-refractivity contribution in [1.82, 2.24) is 40.4 Å². The second kappa shape index (κ2) is 16.3. The lowest BCUT2D eigenvalue weighted by atomic mass is 9.93. The van der Waals surface area contributed by atoms with Gasteiger partial charge in [0.15, 0.2) is 12.3 Å². The van der Waals surface area contributed by atoms with Crippen molar-refractivity contribution < 1.29 is 33.4 Å². The van der Waals surface area contributed by atoms with Gasteiger partial charge in [0.2, 0.25) is 17.7 Å². The molecule has 0 unspecified atom stereocenters. The molecule has 5 rings (SSSR count). The van der Waals surface area contributed by atoms with Crippen LogP contribution in [-0.4, -0.2) is 132 Å². The third-order valence-electron chi connectivity index (χ3n) is 8.63. The monoisotopic (exact) mass is 652 g/mol. The first-order valence-electron chi connectivity index (χ1n) is 16.4. The van der Waals surface area contributed by atoms with Crippen LogP contribution in [0.4, 0.5) is 4.79 Å². The second-order valence-corrected chi connectivity index (χ2v) is 11.8. The highest BCUT2D eigenvalue weighted by Gasteiger charge is 2.36. The molecular formula is C32H44N8O7. The highest BCUT2D eigenvalue weighted by Crippen LogP contribution is 2.23. The smallest absolute Gasteiger partial charge is 0.317 e. The number of aromatic nitrogens is 2. The number of carbonyl (C=O) groups excluding carboxylic acids is 5. The number of hydrogen-bond acceptors (Lipinski definition) is 8. The van der Waals surface area contributed by atoms with E-state index in [1.165, 1.54) is 10.7 Å². The molecule has 254 valence electrons. The number of urea groups is 1. The number of benzene rings is 1. The van der Waals surface area contributed by atoms with E-state index < -0.39 is 11.9 Å². The van der Waals surface area contributed by atoms with E-state index in [4.69, 9.17) is 9.47 Å². The SMILES string of the molecule is CCOCCNC(=O)N1CCN(C(=O)CNC(=O)c2cc(OCC(=O)N3CCC[C@H]3C(=O)NC3CCC3)n(-c3ccccc3)n2)CC1. The Morgan fingerprint density at radius 2 is 1.64 bits per heavy atom. The first-order chi connectivity index (χ1) is 22.8. The Hall–Kier alpha value is -4.66. The zero-order chi connectivity index (χ0) is 33.2. The second-order valence-electron chi connectivity index (χ2n) is 11.8. The molecule has 0 spiro atoms. The number of nitrogens with zero attached hydrogens (tertiary/aromatic N) is 5. The summed E-state index contributed by atoms with van der Waals surface area (Å²) in [4.78, 5) is 69.1. The van der Waals surface area contributed by atoms with E-state index in [9.17, 15) is 24.0 Å². The normalized spacial score (nSPS) is 18.0. The van der Waals surface area contributed by atoms with Crippen LogP contribution in [0.3, 0.4) is 0 Å². The summed E-state index contributed by atoms with van der Waals surface area (Å²) in [7, 11) is 0. The van der Waals surface area contributed by atoms with E-state index in [1.807, 2.05) is 25.1 Å². The summed E-state index contributed by atoms with van der Waals surface area (Å²) in [6.07, 6.45) is 4.38. The summed E-state index contributed by atoms with van der Waals surface area (Å²) in [6.45, 7) is 4.68. The van der Waals surface area contributed by atoms with Crippen LogP contribution in [0.1, 0.15) is 49.5 Å². The zero-order valence-electron chi connectivity index (χ0n) is 26.8. The predicted octanol–water partition coefficient (Wildman–Crippen LogP) is 0.531. The van der Waals surface area contributed by atoms with Crippen molar-refractivity contribution in [3.8, 4) is 11.6 Å². The molecule has 3 fully saturated rings. The first-order valence-corrected chi connectivity index (χ1v) is 16.4. The summed E-state index contributed by atoms with van der Waals surface area (Å²) in [5.74, 6) is -1.13. The lowest BCUT2D eigenvalue weighted by Crippen LogP contribution is -2.54. The summed E-state index contributed by atoms with van der Waals surface area (Å²) >= 11 is 0. The molecule has 0 radical (unpaired) electrons. The van der Waals surface area contributed by atoms with E-state index in [0.717, 1.165) is 25.7 Å². The summed E-state index contributed by atoms with van der Waals surface area (Å²) in [5, 5.41) is 12.9. The number of rotatable bonds is 13. The molecule has 1 aliphatic carbocycles. The van der Waals surface area contributed by atoms with E-state index in [1.54, 1.807) is 26.8 Å². The van der Waals surface area contributed by atoms with Gasteiger partial charge in [0.1, 0.15) is 6.04 Å². The van der Waals surface area contributed by atoms with Crippen molar-refractivity contribution >= 4 is 29.7 Å². The van der Waals surface area contributed by atoms with E-state index in [0.29, 0.717) is 64.6 Å². The molecule has 3 N–H and O–H groups in total. The van der Waals surface area contributed by atoms with Gasteiger partial charge < -0.3 is 40.1 Å². The van der Waals surface area contributed by atoms with Crippen LogP contribution in [0.15, 0.2) is 36.4 Å². The lowest BCUT2D eigenvalue weighted by Gasteiger charge is -2.34. The molecule has 2 aromatic rings. The van der Waals surface area contributed by atoms with Crippen LogP contribution in [0.25, 0.3) is 5.69 Å². The molecule has 6 amide bonds. The number of nitrogens with one attached hydrogen (secondary N) is 3. The Morgan fingerprint density at radius 1 is 0.894 bits per heavy atom. The van der Waals surface area contributed by atoms with E-state index in [2.05, 4.69) is 21.0 Å². The highest BCUT2D eigenvalue weighted by atomic mass is 16.5. The molecule has 15 heteroatoms. The Balaban J connectivity index is 1.14. The van der Waals surface area contributed by atoms with Crippen LogP contribution < -0.4 is 20.7 Å². The van der Waals surface area contributed by atoms with Crippen LogP contribution in [0.5, 0.6) is 5.88 Å². The fourth-order valence-corrected chi connectivity index (χ4v) is 5.74. The van der Waals surface area contributed by atoms with Crippen molar-refractivity contribution in [2.45, 2.75) is 51.1 Å². The minimum absolute atomic E-state index is 0.0107. The highest BCUT2D eigenvalue weighted by molar-refractivity contribution is 5.95. The Kier molecular flexibility index (Phi) is 11.7. The number of para-hydroxylation sites is 1. The molecule has 15 nitrogen and oxygen atoms in total. The van der Waals surface area contributed by atoms with Gasteiger partial charge in [0, 0.05) is 58.0 Å². The summed E-state index contributed by atoms with van der Waals surface area (Å²) < 4.78 is 12.6. The average Bonchev–Trinajstić information content (AvgIpc) is 3.75. The fourth-order valence-electron chi connectivity index (χ4n) is 5.74. The predicted molar refractivity (Wildman–Crippen MR) is 170 cm³/mol. The minimum Gasteiger partial charge on any atom is -0.467 e. The van der Waals surface area contributed by atoms with Crippen molar-refractivity contribution in [2.24, 2.45) is 0 Å². The van der Waals surface area contributed by atoms with Gasteiger partial charge in [-0.2, -0.15) is 5.10 Å². The van der Waals surface area contributed by atoms with Gasteiger partial charge in [-0.25, -0.2) is 9.48 Å². The van der Waals surface area contributed by atoms with Gasteiger partial charge >= 0.3 is 6.03 Å². The molecule has 3 aliphatic rings. The number of ether oxygens (including phenoxy) is 2. The van der Waals surface area contributed by atoms with Crippen molar-refractivity contribution in [3.05, 3.63) is 42.1 Å². The molecule has 2 aliphatic heterocycles. The van der Waals surface area contributed by atoms with Crippen LogP contribution >= 0.6 is 0 Å². The van der Waals surface area contributed by atoms with Crippen molar-refractivity contribution in [1.29, 1.82) is 0 Å². The number of piperazine rings is 1. The van der Waals surface area contributed by atoms with E-state index in [-0.39, 0.29) is 54.5 Å². The molecule has 2 saturated heterocycles.